The summed E-state index contributed by atoms with van der Waals surface area (Å²) < 4.78 is 0. The Morgan fingerprint density at radius 1 is 1.38 bits per heavy atom. The Kier molecular flexibility index (Phi) is 5.88. The molecule has 0 aliphatic rings. The number of nitrogens with two attached hydrogens (primary N) is 2. The van der Waals surface area contributed by atoms with Gasteiger partial charge in [0.1, 0.15) is 0 Å². The number of hydrogen-bond donors (Lipinski definition) is 3. The van der Waals surface area contributed by atoms with Gasteiger partial charge < -0.3 is 16.8 Å². The van der Waals surface area contributed by atoms with Crippen LogP contribution in [0.1, 0.15) is 26.2 Å². The second-order valence-electron chi connectivity index (χ2n) is 2.93. The number of unbranched alkanes of at least 4 members (excludes halogenated alkanes) is 1. The fourth-order valence-electron chi connectivity index (χ4n) is 0.928. The van der Waals surface area contributed by atoms with Crippen LogP contribution in [0.2, 0.25) is 0 Å². The molecule has 2 amide bonds. The second-order valence-corrected chi connectivity index (χ2v) is 2.93. The van der Waals surface area contributed by atoms with Crippen molar-refractivity contribution in [2.75, 3.05) is 6.54 Å². The van der Waals surface area contributed by atoms with Crippen LogP contribution in [-0.2, 0) is 9.59 Å². The molecule has 0 aliphatic heterocycles. The van der Waals surface area contributed by atoms with E-state index >= 15 is 0 Å². The van der Waals surface area contributed by atoms with E-state index in [1.165, 1.54) is 0 Å². The van der Waals surface area contributed by atoms with Gasteiger partial charge in [0.15, 0.2) is 0 Å². The van der Waals surface area contributed by atoms with Gasteiger partial charge in [-0.05, 0) is 13.0 Å². The molecule has 0 unspecified atom stereocenters. The Balaban J connectivity index is 3.81. The summed E-state index contributed by atoms with van der Waals surface area (Å²) >= 11 is 0. The van der Waals surface area contributed by atoms with Gasteiger partial charge in [0, 0.05) is 0 Å². The van der Waals surface area contributed by atoms with E-state index in [0.717, 1.165) is 12.8 Å². The number of hydrogen-bond acceptors (Lipinski definition) is 3. The van der Waals surface area contributed by atoms with Crippen molar-refractivity contribution in [2.45, 2.75) is 32.2 Å². The predicted octanol–water partition coefficient (Wildman–Crippen LogP) is -0.895. The van der Waals surface area contributed by atoms with Crippen molar-refractivity contribution in [3.63, 3.8) is 0 Å². The van der Waals surface area contributed by atoms with Crippen LogP contribution in [0.5, 0.6) is 0 Å². The third-order valence-corrected chi connectivity index (χ3v) is 1.67. The molecule has 0 aromatic heterocycles. The summed E-state index contributed by atoms with van der Waals surface area (Å²) in [5.74, 6) is -1.05. The van der Waals surface area contributed by atoms with Gasteiger partial charge in [0.2, 0.25) is 11.8 Å². The maximum Gasteiger partial charge on any atom is 0.235 e. The van der Waals surface area contributed by atoms with E-state index in [1.807, 2.05) is 6.92 Å². The molecule has 5 heteroatoms. The third-order valence-electron chi connectivity index (χ3n) is 1.67. The van der Waals surface area contributed by atoms with Crippen molar-refractivity contribution in [3.8, 4) is 0 Å². The smallest absolute Gasteiger partial charge is 0.235 e. The molecule has 0 aromatic rings. The van der Waals surface area contributed by atoms with Crippen LogP contribution in [0, 0.1) is 0 Å². The molecular weight excluding hydrogens is 170 g/mol. The van der Waals surface area contributed by atoms with Crippen LogP contribution in [0.3, 0.4) is 0 Å². The first kappa shape index (κ1) is 11.9. The first-order valence-corrected chi connectivity index (χ1v) is 4.39. The minimum atomic E-state index is -0.621. The van der Waals surface area contributed by atoms with Gasteiger partial charge in [-0.1, -0.05) is 13.3 Å². The van der Waals surface area contributed by atoms with E-state index in [2.05, 4.69) is 5.32 Å². The molecule has 0 spiro atoms. The lowest BCUT2D eigenvalue weighted by Crippen LogP contribution is -2.44. The van der Waals surface area contributed by atoms with E-state index < -0.39 is 17.9 Å². The molecule has 5 N–H and O–H groups in total. The van der Waals surface area contributed by atoms with E-state index in [-0.39, 0.29) is 6.42 Å². The van der Waals surface area contributed by atoms with E-state index in [4.69, 9.17) is 11.5 Å². The first-order valence-electron chi connectivity index (χ1n) is 4.39. The molecule has 0 aliphatic carbocycles. The highest BCUT2D eigenvalue weighted by Crippen LogP contribution is 1.91. The summed E-state index contributed by atoms with van der Waals surface area (Å²) in [6.07, 6.45) is 1.94. The lowest BCUT2D eigenvalue weighted by molar-refractivity contribution is -0.125. The van der Waals surface area contributed by atoms with Gasteiger partial charge in [-0.25, -0.2) is 0 Å². The van der Waals surface area contributed by atoms with Crippen LogP contribution in [-0.4, -0.2) is 24.4 Å². The summed E-state index contributed by atoms with van der Waals surface area (Å²) in [6, 6.07) is -0.621. The molecule has 0 radical (unpaired) electrons. The molecule has 5 nitrogen and oxygen atoms in total. The number of carbonyl (C=O) groups is 2. The van der Waals surface area contributed by atoms with Gasteiger partial charge >= 0.3 is 0 Å². The second kappa shape index (κ2) is 6.42. The number of carbonyl (C=O) groups excluding carboxylic acids is 2. The highest BCUT2D eigenvalue weighted by molar-refractivity contribution is 5.86. The van der Waals surface area contributed by atoms with E-state index in [1.54, 1.807) is 0 Å². The largest absolute Gasteiger partial charge is 0.370 e. The molecule has 0 saturated carbocycles. The van der Waals surface area contributed by atoms with Gasteiger partial charge in [0.25, 0.3) is 0 Å². The lowest BCUT2D eigenvalue weighted by Gasteiger charge is -2.12. The molecule has 0 rings (SSSR count). The minimum absolute atomic E-state index is 0.0287. The Morgan fingerprint density at radius 3 is 2.38 bits per heavy atom. The van der Waals surface area contributed by atoms with Crippen molar-refractivity contribution < 1.29 is 9.59 Å². The highest BCUT2D eigenvalue weighted by atomic mass is 16.2. The van der Waals surface area contributed by atoms with Crippen molar-refractivity contribution >= 4 is 11.8 Å². The third kappa shape index (κ3) is 6.10. The van der Waals surface area contributed by atoms with Crippen LogP contribution in [0.15, 0.2) is 0 Å². The molecule has 0 saturated heterocycles. The molecule has 0 aromatic carbocycles. The zero-order valence-electron chi connectivity index (χ0n) is 7.88. The number of amides is 2. The summed E-state index contributed by atoms with van der Waals surface area (Å²) in [6.45, 7) is 2.71. The zero-order valence-corrected chi connectivity index (χ0v) is 7.88. The number of nitrogens with one attached hydrogen (secondary N) is 1. The van der Waals surface area contributed by atoms with Gasteiger partial charge in [0.05, 0.1) is 12.5 Å². The summed E-state index contributed by atoms with van der Waals surface area (Å²) in [4.78, 5) is 21.3. The van der Waals surface area contributed by atoms with Gasteiger partial charge in [-0.15, -0.1) is 0 Å². The molecule has 0 heterocycles. The average Bonchev–Trinajstić information content (AvgIpc) is 2.02. The monoisotopic (exact) mass is 187 g/mol. The van der Waals surface area contributed by atoms with Crippen molar-refractivity contribution in [3.05, 3.63) is 0 Å². The Hall–Kier alpha value is -1.10. The lowest BCUT2D eigenvalue weighted by atomic mass is 10.2. The van der Waals surface area contributed by atoms with E-state index in [0.29, 0.717) is 6.54 Å². The standard InChI is InChI=1S/C8H17N3O2/c1-2-3-4-11-6(8(10)13)5-7(9)12/h6,11H,2-5H2,1H3,(H2,9,12)(H2,10,13)/t6-/m0/s1. The maximum atomic E-state index is 10.8. The van der Waals surface area contributed by atoms with Crippen molar-refractivity contribution in [2.24, 2.45) is 11.5 Å². The van der Waals surface area contributed by atoms with Gasteiger partial charge in [-0.2, -0.15) is 0 Å². The molecule has 1 atom stereocenters. The first-order chi connectivity index (χ1) is 6.07. The van der Waals surface area contributed by atoms with Crippen molar-refractivity contribution in [1.29, 1.82) is 0 Å². The molecule has 0 bridgehead atoms. The fraction of sp³-hybridized carbons (Fsp3) is 0.750. The number of rotatable bonds is 7. The minimum Gasteiger partial charge on any atom is -0.370 e. The van der Waals surface area contributed by atoms with Gasteiger partial charge in [-0.3, -0.25) is 9.59 Å². The number of primary amides is 2. The average molecular weight is 187 g/mol. The van der Waals surface area contributed by atoms with Crippen molar-refractivity contribution in [1.82, 2.24) is 5.32 Å². The van der Waals surface area contributed by atoms with Crippen LogP contribution >= 0.6 is 0 Å². The molecule has 0 fully saturated rings. The van der Waals surface area contributed by atoms with Crippen LogP contribution in [0.4, 0.5) is 0 Å². The molecular formula is C8H17N3O2. The predicted molar refractivity (Wildman–Crippen MR) is 49.7 cm³/mol. The van der Waals surface area contributed by atoms with E-state index in [9.17, 15) is 9.59 Å². The molecule has 13 heavy (non-hydrogen) atoms. The van der Waals surface area contributed by atoms with Crippen LogP contribution < -0.4 is 16.8 Å². The van der Waals surface area contributed by atoms with Crippen LogP contribution in [0.25, 0.3) is 0 Å². The Bertz CT molecular complexity index is 182. The Morgan fingerprint density at radius 2 is 2.00 bits per heavy atom. The summed E-state index contributed by atoms with van der Waals surface area (Å²) in [7, 11) is 0. The maximum absolute atomic E-state index is 10.8. The molecule has 76 valence electrons. The highest BCUT2D eigenvalue weighted by Gasteiger charge is 2.16. The normalized spacial score (nSPS) is 12.4. The summed E-state index contributed by atoms with van der Waals surface area (Å²) in [5.41, 5.74) is 10.0. The SMILES string of the molecule is CCCCN[C@@H](CC(N)=O)C(N)=O. The fourth-order valence-corrected chi connectivity index (χ4v) is 0.928. The quantitative estimate of drug-likeness (QED) is 0.451. The topological polar surface area (TPSA) is 98.2 Å². The summed E-state index contributed by atoms with van der Waals surface area (Å²) in [5, 5.41) is 2.88. The zero-order chi connectivity index (χ0) is 10.3. The Labute approximate surface area is 77.8 Å².